The molecule has 3 heterocycles. The molecule has 5 rings (SSSR count). The number of esters is 2. The molecule has 0 bridgehead atoms. The highest BCUT2D eigenvalue weighted by molar-refractivity contribution is 5.91. The lowest BCUT2D eigenvalue weighted by molar-refractivity contribution is -0.258. The van der Waals surface area contributed by atoms with E-state index < -0.39 is 58.6 Å². The summed E-state index contributed by atoms with van der Waals surface area (Å²) < 4.78 is 28.9. The fourth-order valence-electron chi connectivity index (χ4n) is 7.48. The summed E-state index contributed by atoms with van der Waals surface area (Å²) in [5, 5.41) is 11.9. The first-order valence-electron chi connectivity index (χ1n) is 10.5. The minimum Gasteiger partial charge on any atom is -0.469 e. The van der Waals surface area contributed by atoms with Crippen LogP contribution in [-0.4, -0.2) is 61.2 Å². The molecule has 0 amide bonds. The molecule has 4 fully saturated rings. The molecule has 166 valence electrons. The molecule has 8 nitrogen and oxygen atoms in total. The summed E-state index contributed by atoms with van der Waals surface area (Å²) in [6.45, 7) is 8.02. The molecule has 2 aliphatic carbocycles. The van der Waals surface area contributed by atoms with Gasteiger partial charge in [-0.25, -0.2) is 4.79 Å². The molecule has 1 unspecified atom stereocenters. The van der Waals surface area contributed by atoms with Crippen molar-refractivity contribution in [3.63, 3.8) is 0 Å². The summed E-state index contributed by atoms with van der Waals surface area (Å²) in [7, 11) is 2.84. The third-order valence-electron chi connectivity index (χ3n) is 8.64. The quantitative estimate of drug-likeness (QED) is 0.540. The molecule has 3 aliphatic heterocycles. The van der Waals surface area contributed by atoms with Crippen molar-refractivity contribution in [3.05, 3.63) is 12.2 Å². The molecule has 0 radical (unpaired) electrons. The minimum absolute atomic E-state index is 0.0792. The molecule has 3 saturated heterocycles. The Morgan fingerprint density at radius 2 is 2.00 bits per heavy atom. The van der Waals surface area contributed by atoms with Crippen molar-refractivity contribution in [2.24, 2.45) is 28.1 Å². The molecule has 30 heavy (non-hydrogen) atoms. The number of carbonyl (C=O) groups is 2. The average Bonchev–Trinajstić information content (AvgIpc) is 3.38. The van der Waals surface area contributed by atoms with E-state index in [9.17, 15) is 14.7 Å². The molecule has 2 spiro atoms. The van der Waals surface area contributed by atoms with E-state index in [-0.39, 0.29) is 11.3 Å². The van der Waals surface area contributed by atoms with Crippen LogP contribution in [0.5, 0.6) is 0 Å². The standard InChI is InChI=1S/C22H30O8/c1-11(15(23)27-6)21(25)8-7-20-13-9-12(18(2,3)4)19(20)10-14(26-5)29-17(19)30-22(20,21)16(24)28-13/h7-8,11-14,17,25H,9-10H2,1-6H3/t11-,12+,13-,14+,17+,19-,20?,21+,22-/m1/s1. The van der Waals surface area contributed by atoms with E-state index in [4.69, 9.17) is 23.7 Å². The van der Waals surface area contributed by atoms with E-state index in [1.807, 2.05) is 6.08 Å². The van der Waals surface area contributed by atoms with Gasteiger partial charge in [0.1, 0.15) is 11.7 Å². The van der Waals surface area contributed by atoms with E-state index in [0.29, 0.717) is 12.8 Å². The first-order chi connectivity index (χ1) is 14.0. The zero-order chi connectivity index (χ0) is 21.9. The SMILES string of the molecule is COC(=O)[C@@H](C)[C@@]1(O)C=CC23[C@H]4C[C@@H](C(C)(C)C)[C@@]25C[C@@H](OC)O[C@H]5O[C@]31C(=O)O4. The van der Waals surface area contributed by atoms with Gasteiger partial charge in [0, 0.05) is 18.9 Å². The highest BCUT2D eigenvalue weighted by Gasteiger charge is 2.95. The second-order valence-electron chi connectivity index (χ2n) is 10.5. The molecular weight excluding hydrogens is 392 g/mol. The Hall–Kier alpha value is -1.48. The first-order valence-corrected chi connectivity index (χ1v) is 10.5. The zero-order valence-corrected chi connectivity index (χ0v) is 18.3. The van der Waals surface area contributed by atoms with Gasteiger partial charge < -0.3 is 28.8 Å². The Morgan fingerprint density at radius 3 is 2.60 bits per heavy atom. The molecule has 1 saturated carbocycles. The number of hydrogen-bond donors (Lipinski definition) is 1. The van der Waals surface area contributed by atoms with Crippen molar-refractivity contribution >= 4 is 11.9 Å². The molecule has 1 N–H and O–H groups in total. The Bertz CT molecular complexity index is 847. The van der Waals surface area contributed by atoms with Crippen LogP contribution in [0.3, 0.4) is 0 Å². The number of aliphatic hydroxyl groups is 1. The van der Waals surface area contributed by atoms with Crippen LogP contribution in [0.4, 0.5) is 0 Å². The molecular formula is C22H30O8. The van der Waals surface area contributed by atoms with E-state index >= 15 is 0 Å². The third kappa shape index (κ3) is 1.78. The fourth-order valence-corrected chi connectivity index (χ4v) is 7.48. The summed E-state index contributed by atoms with van der Waals surface area (Å²) in [5.74, 6) is -2.22. The second kappa shape index (κ2) is 5.65. The van der Waals surface area contributed by atoms with Gasteiger partial charge in [-0.1, -0.05) is 32.9 Å². The first kappa shape index (κ1) is 20.4. The summed E-state index contributed by atoms with van der Waals surface area (Å²) in [6.07, 6.45) is 2.85. The Labute approximate surface area is 175 Å². The van der Waals surface area contributed by atoms with Crippen LogP contribution in [0.15, 0.2) is 12.2 Å². The second-order valence-corrected chi connectivity index (χ2v) is 10.5. The lowest BCUT2D eigenvalue weighted by Crippen LogP contribution is -2.66. The van der Waals surface area contributed by atoms with E-state index in [0.717, 1.165) is 0 Å². The maximum absolute atomic E-state index is 13.4. The highest BCUT2D eigenvalue weighted by Crippen LogP contribution is 2.82. The van der Waals surface area contributed by atoms with Gasteiger partial charge in [-0.15, -0.1) is 0 Å². The normalized spacial score (nSPS) is 51.5. The van der Waals surface area contributed by atoms with Gasteiger partial charge in [0.05, 0.1) is 18.4 Å². The van der Waals surface area contributed by atoms with Crippen molar-refractivity contribution in [3.8, 4) is 0 Å². The molecule has 5 aliphatic rings. The zero-order valence-electron chi connectivity index (χ0n) is 18.3. The summed E-state index contributed by atoms with van der Waals surface area (Å²) >= 11 is 0. The Balaban J connectivity index is 1.75. The third-order valence-corrected chi connectivity index (χ3v) is 8.64. The highest BCUT2D eigenvalue weighted by atomic mass is 16.8. The number of rotatable bonds is 3. The van der Waals surface area contributed by atoms with E-state index in [1.54, 1.807) is 20.1 Å². The molecule has 0 aromatic carbocycles. The van der Waals surface area contributed by atoms with Crippen molar-refractivity contribution in [2.45, 2.75) is 70.4 Å². The van der Waals surface area contributed by atoms with E-state index in [2.05, 4.69) is 20.8 Å². The monoisotopic (exact) mass is 422 g/mol. The Kier molecular flexibility index (Phi) is 3.85. The van der Waals surface area contributed by atoms with Gasteiger partial charge in [-0.3, -0.25) is 4.79 Å². The van der Waals surface area contributed by atoms with Crippen LogP contribution in [0.2, 0.25) is 0 Å². The van der Waals surface area contributed by atoms with Gasteiger partial charge in [0.2, 0.25) is 5.60 Å². The van der Waals surface area contributed by atoms with Crippen molar-refractivity contribution in [1.82, 2.24) is 0 Å². The van der Waals surface area contributed by atoms with Crippen LogP contribution in [-0.2, 0) is 33.3 Å². The van der Waals surface area contributed by atoms with Crippen molar-refractivity contribution in [1.29, 1.82) is 0 Å². The smallest absolute Gasteiger partial charge is 0.343 e. The largest absolute Gasteiger partial charge is 0.469 e. The Morgan fingerprint density at radius 1 is 1.30 bits per heavy atom. The van der Waals surface area contributed by atoms with Crippen molar-refractivity contribution < 1.29 is 38.4 Å². The average molecular weight is 422 g/mol. The van der Waals surface area contributed by atoms with Crippen LogP contribution >= 0.6 is 0 Å². The van der Waals surface area contributed by atoms with Crippen LogP contribution in [0, 0.1) is 28.1 Å². The van der Waals surface area contributed by atoms with Gasteiger partial charge in [0.25, 0.3) is 0 Å². The summed E-state index contributed by atoms with van der Waals surface area (Å²) in [4.78, 5) is 25.9. The maximum Gasteiger partial charge on any atom is 0.343 e. The van der Waals surface area contributed by atoms with Gasteiger partial charge in [0.15, 0.2) is 12.6 Å². The summed E-state index contributed by atoms with van der Waals surface area (Å²) in [6, 6.07) is 0. The lowest BCUT2D eigenvalue weighted by Gasteiger charge is -2.46. The predicted octanol–water partition coefficient (Wildman–Crippen LogP) is 1.55. The molecule has 0 aromatic rings. The number of methoxy groups -OCH3 is 2. The number of hydrogen-bond acceptors (Lipinski definition) is 8. The van der Waals surface area contributed by atoms with E-state index in [1.165, 1.54) is 7.11 Å². The molecule has 8 heteroatoms. The number of ether oxygens (including phenoxy) is 5. The van der Waals surface area contributed by atoms with Gasteiger partial charge in [-0.05, 0) is 24.7 Å². The lowest BCUT2D eigenvalue weighted by atomic mass is 9.52. The van der Waals surface area contributed by atoms with Crippen LogP contribution in [0.25, 0.3) is 0 Å². The molecule has 0 aromatic heterocycles. The predicted molar refractivity (Wildman–Crippen MR) is 102 cm³/mol. The number of carbonyl (C=O) groups excluding carboxylic acids is 2. The van der Waals surface area contributed by atoms with Crippen LogP contribution in [0.1, 0.15) is 40.5 Å². The van der Waals surface area contributed by atoms with Gasteiger partial charge in [-0.2, -0.15) is 0 Å². The van der Waals surface area contributed by atoms with Crippen LogP contribution < -0.4 is 0 Å². The molecule has 9 atom stereocenters. The maximum atomic E-state index is 13.4. The fraction of sp³-hybridized carbons (Fsp3) is 0.818. The topological polar surface area (TPSA) is 101 Å². The van der Waals surface area contributed by atoms with Gasteiger partial charge >= 0.3 is 11.9 Å². The summed E-state index contributed by atoms with van der Waals surface area (Å²) in [5.41, 5.74) is -5.41. The van der Waals surface area contributed by atoms with Crippen molar-refractivity contribution in [2.75, 3.05) is 14.2 Å². The minimum atomic E-state index is -1.91.